The SMILES string of the molecule is NC(=S)C(c1ccc(Cl)cc1)c1cnccn1. The molecule has 2 N–H and O–H groups in total. The molecule has 1 atom stereocenters. The highest BCUT2D eigenvalue weighted by Gasteiger charge is 2.18. The molecular formula is C12H10ClN3S. The van der Waals surface area contributed by atoms with Gasteiger partial charge >= 0.3 is 0 Å². The number of nitrogens with two attached hydrogens (primary N) is 1. The van der Waals surface area contributed by atoms with Crippen molar-refractivity contribution in [2.75, 3.05) is 0 Å². The lowest BCUT2D eigenvalue weighted by Crippen LogP contribution is -2.21. The van der Waals surface area contributed by atoms with E-state index in [2.05, 4.69) is 9.97 Å². The van der Waals surface area contributed by atoms with Gasteiger partial charge in [0.25, 0.3) is 0 Å². The van der Waals surface area contributed by atoms with Crippen LogP contribution in [0.1, 0.15) is 17.2 Å². The number of nitrogens with zero attached hydrogens (tertiary/aromatic N) is 2. The van der Waals surface area contributed by atoms with Crippen LogP contribution in [0.25, 0.3) is 0 Å². The molecule has 1 unspecified atom stereocenters. The number of hydrogen-bond donors (Lipinski definition) is 1. The van der Waals surface area contributed by atoms with E-state index in [4.69, 9.17) is 29.6 Å². The normalized spacial score (nSPS) is 12.1. The smallest absolute Gasteiger partial charge is 0.0864 e. The lowest BCUT2D eigenvalue weighted by Gasteiger charge is -2.14. The predicted octanol–water partition coefficient (Wildman–Crippen LogP) is 2.55. The van der Waals surface area contributed by atoms with Crippen molar-refractivity contribution in [1.82, 2.24) is 9.97 Å². The molecule has 1 heterocycles. The van der Waals surface area contributed by atoms with Crippen LogP contribution >= 0.6 is 23.8 Å². The van der Waals surface area contributed by atoms with Crippen molar-refractivity contribution < 1.29 is 0 Å². The zero-order valence-corrected chi connectivity index (χ0v) is 10.4. The third-order valence-electron chi connectivity index (χ3n) is 2.37. The first-order chi connectivity index (χ1) is 8.18. The molecule has 0 spiro atoms. The minimum atomic E-state index is -0.226. The molecule has 1 aromatic heterocycles. The van der Waals surface area contributed by atoms with Gasteiger partial charge in [0.15, 0.2) is 0 Å². The van der Waals surface area contributed by atoms with Gasteiger partial charge in [0, 0.05) is 23.6 Å². The van der Waals surface area contributed by atoms with Crippen molar-refractivity contribution in [3.63, 3.8) is 0 Å². The first-order valence-electron chi connectivity index (χ1n) is 4.99. The molecule has 0 saturated heterocycles. The van der Waals surface area contributed by atoms with Gasteiger partial charge < -0.3 is 5.73 Å². The summed E-state index contributed by atoms with van der Waals surface area (Å²) in [6.45, 7) is 0. The summed E-state index contributed by atoms with van der Waals surface area (Å²) in [5.74, 6) is -0.226. The average molecular weight is 264 g/mol. The maximum atomic E-state index is 5.85. The Labute approximate surface area is 110 Å². The van der Waals surface area contributed by atoms with Gasteiger partial charge in [-0.2, -0.15) is 0 Å². The fourth-order valence-corrected chi connectivity index (χ4v) is 1.98. The van der Waals surface area contributed by atoms with Crippen LogP contribution in [0.3, 0.4) is 0 Å². The minimum absolute atomic E-state index is 0.226. The summed E-state index contributed by atoms with van der Waals surface area (Å²) in [4.78, 5) is 8.63. The topological polar surface area (TPSA) is 51.8 Å². The summed E-state index contributed by atoms with van der Waals surface area (Å²) < 4.78 is 0. The summed E-state index contributed by atoms with van der Waals surface area (Å²) in [5, 5.41) is 0.676. The highest BCUT2D eigenvalue weighted by Crippen LogP contribution is 2.24. The quantitative estimate of drug-likeness (QED) is 0.865. The lowest BCUT2D eigenvalue weighted by atomic mass is 9.96. The van der Waals surface area contributed by atoms with E-state index in [1.807, 2.05) is 12.1 Å². The number of hydrogen-bond acceptors (Lipinski definition) is 3. The van der Waals surface area contributed by atoms with Crippen LogP contribution in [-0.4, -0.2) is 15.0 Å². The van der Waals surface area contributed by atoms with E-state index in [1.165, 1.54) is 0 Å². The highest BCUT2D eigenvalue weighted by atomic mass is 35.5. The Morgan fingerprint density at radius 3 is 2.47 bits per heavy atom. The van der Waals surface area contributed by atoms with Gasteiger partial charge in [-0.25, -0.2) is 0 Å². The number of halogens is 1. The fraction of sp³-hybridized carbons (Fsp3) is 0.0833. The van der Waals surface area contributed by atoms with Crippen LogP contribution in [0, 0.1) is 0 Å². The van der Waals surface area contributed by atoms with E-state index >= 15 is 0 Å². The summed E-state index contributed by atoms with van der Waals surface area (Å²) in [5.41, 5.74) is 7.47. The van der Waals surface area contributed by atoms with Crippen molar-refractivity contribution in [2.45, 2.75) is 5.92 Å². The Hall–Kier alpha value is -1.52. The molecular weight excluding hydrogens is 254 g/mol. The van der Waals surface area contributed by atoms with Crippen molar-refractivity contribution in [1.29, 1.82) is 0 Å². The maximum Gasteiger partial charge on any atom is 0.0864 e. The number of benzene rings is 1. The van der Waals surface area contributed by atoms with E-state index in [-0.39, 0.29) is 5.92 Å². The molecule has 0 aliphatic carbocycles. The molecule has 86 valence electrons. The molecule has 0 aliphatic rings. The van der Waals surface area contributed by atoms with Gasteiger partial charge in [0.1, 0.15) is 0 Å². The van der Waals surface area contributed by atoms with Gasteiger partial charge in [-0.15, -0.1) is 0 Å². The van der Waals surface area contributed by atoms with Crippen molar-refractivity contribution in [2.24, 2.45) is 5.73 Å². The first-order valence-corrected chi connectivity index (χ1v) is 5.78. The summed E-state index contributed by atoms with van der Waals surface area (Å²) in [6, 6.07) is 7.39. The first kappa shape index (κ1) is 12.0. The van der Waals surface area contributed by atoms with Gasteiger partial charge in [-0.1, -0.05) is 36.0 Å². The van der Waals surface area contributed by atoms with Crippen LogP contribution in [0.5, 0.6) is 0 Å². The number of thiocarbonyl (C=S) groups is 1. The van der Waals surface area contributed by atoms with E-state index in [0.29, 0.717) is 10.0 Å². The summed E-state index contributed by atoms with van der Waals surface area (Å²) >= 11 is 10.9. The molecule has 3 nitrogen and oxygen atoms in total. The Bertz CT molecular complexity index is 513. The zero-order valence-electron chi connectivity index (χ0n) is 8.88. The summed E-state index contributed by atoms with van der Waals surface area (Å²) in [7, 11) is 0. The third kappa shape index (κ3) is 2.78. The van der Waals surface area contributed by atoms with Gasteiger partial charge in [0.05, 0.1) is 16.6 Å². The minimum Gasteiger partial charge on any atom is -0.392 e. The van der Waals surface area contributed by atoms with Crippen molar-refractivity contribution in [3.05, 3.63) is 59.1 Å². The van der Waals surface area contributed by atoms with Crippen LogP contribution in [-0.2, 0) is 0 Å². The van der Waals surface area contributed by atoms with Crippen LogP contribution in [0.2, 0.25) is 5.02 Å². The average Bonchev–Trinajstić information content (AvgIpc) is 2.33. The predicted molar refractivity (Wildman–Crippen MR) is 72.1 cm³/mol. The molecule has 5 heteroatoms. The fourth-order valence-electron chi connectivity index (χ4n) is 1.60. The van der Waals surface area contributed by atoms with E-state index < -0.39 is 0 Å². The van der Waals surface area contributed by atoms with Gasteiger partial charge in [-0.05, 0) is 17.7 Å². The monoisotopic (exact) mass is 263 g/mol. The number of aromatic nitrogens is 2. The zero-order chi connectivity index (χ0) is 12.3. The van der Waals surface area contributed by atoms with Crippen molar-refractivity contribution >= 4 is 28.8 Å². The van der Waals surface area contributed by atoms with E-state index in [0.717, 1.165) is 11.3 Å². The molecule has 0 amide bonds. The Morgan fingerprint density at radius 1 is 1.24 bits per heavy atom. The Morgan fingerprint density at radius 2 is 1.94 bits per heavy atom. The largest absolute Gasteiger partial charge is 0.392 e. The Balaban J connectivity index is 2.43. The molecule has 17 heavy (non-hydrogen) atoms. The van der Waals surface area contributed by atoms with Gasteiger partial charge in [-0.3, -0.25) is 9.97 Å². The molecule has 0 saturated carbocycles. The Kier molecular flexibility index (Phi) is 3.66. The third-order valence-corrected chi connectivity index (χ3v) is 2.85. The molecule has 0 radical (unpaired) electrons. The molecule has 0 aliphatic heterocycles. The van der Waals surface area contributed by atoms with Crippen molar-refractivity contribution in [3.8, 4) is 0 Å². The second-order valence-electron chi connectivity index (χ2n) is 3.52. The summed E-state index contributed by atoms with van der Waals surface area (Å²) in [6.07, 6.45) is 4.90. The van der Waals surface area contributed by atoms with Crippen LogP contribution < -0.4 is 5.73 Å². The van der Waals surface area contributed by atoms with E-state index in [9.17, 15) is 0 Å². The highest BCUT2D eigenvalue weighted by molar-refractivity contribution is 7.80. The van der Waals surface area contributed by atoms with Gasteiger partial charge in [0.2, 0.25) is 0 Å². The molecule has 2 rings (SSSR count). The molecule has 0 fully saturated rings. The number of rotatable bonds is 3. The lowest BCUT2D eigenvalue weighted by molar-refractivity contribution is 0.970. The van der Waals surface area contributed by atoms with E-state index in [1.54, 1.807) is 30.7 Å². The second-order valence-corrected chi connectivity index (χ2v) is 4.43. The standard InChI is InChI=1S/C12H10ClN3S/c13-9-3-1-8(2-4-9)11(12(14)17)10-7-15-5-6-16-10/h1-7,11H,(H2,14,17). The van der Waals surface area contributed by atoms with Crippen LogP contribution in [0.15, 0.2) is 42.9 Å². The van der Waals surface area contributed by atoms with Crippen LogP contribution in [0.4, 0.5) is 0 Å². The molecule has 2 aromatic rings. The second kappa shape index (κ2) is 5.21. The maximum absolute atomic E-state index is 5.85. The molecule has 1 aromatic carbocycles. The molecule has 0 bridgehead atoms.